The van der Waals surface area contributed by atoms with Crippen LogP contribution in [-0.4, -0.2) is 6.54 Å². The maximum atomic E-state index is 6.50. The highest BCUT2D eigenvalue weighted by Gasteiger charge is 2.29. The van der Waals surface area contributed by atoms with Crippen molar-refractivity contribution in [3.05, 3.63) is 33.3 Å². The van der Waals surface area contributed by atoms with Crippen molar-refractivity contribution in [1.29, 1.82) is 0 Å². The van der Waals surface area contributed by atoms with E-state index < -0.39 is 0 Å². The molecule has 0 bridgehead atoms. The minimum absolute atomic E-state index is 0.393. The third-order valence-electron chi connectivity index (χ3n) is 4.78. The molecule has 1 fully saturated rings. The van der Waals surface area contributed by atoms with Gasteiger partial charge in [0.2, 0.25) is 0 Å². The van der Waals surface area contributed by atoms with Crippen LogP contribution in [0.25, 0.3) is 0 Å². The summed E-state index contributed by atoms with van der Waals surface area (Å²) in [4.78, 5) is 0. The number of rotatable bonds is 6. The van der Waals surface area contributed by atoms with Gasteiger partial charge in [-0.25, -0.2) is 0 Å². The second kappa shape index (κ2) is 8.55. The predicted molar refractivity (Wildman–Crippen MR) is 95.9 cm³/mol. The SMILES string of the molecule is CCCNC(c1cc(Br)ccc1Cl)C1CCCC(CC)C1. The van der Waals surface area contributed by atoms with Crippen molar-refractivity contribution >= 4 is 27.5 Å². The molecule has 21 heavy (non-hydrogen) atoms. The summed E-state index contributed by atoms with van der Waals surface area (Å²) in [6.07, 6.45) is 7.88. The lowest BCUT2D eigenvalue weighted by molar-refractivity contribution is 0.209. The smallest absolute Gasteiger partial charge is 0.0454 e. The fourth-order valence-electron chi connectivity index (χ4n) is 3.59. The molecule has 3 heteroatoms. The first-order valence-electron chi connectivity index (χ1n) is 8.34. The van der Waals surface area contributed by atoms with E-state index in [1.165, 1.54) is 37.7 Å². The zero-order valence-corrected chi connectivity index (χ0v) is 15.5. The van der Waals surface area contributed by atoms with Crippen LogP contribution < -0.4 is 5.32 Å². The Balaban J connectivity index is 2.22. The number of nitrogens with one attached hydrogen (secondary N) is 1. The van der Waals surface area contributed by atoms with Gasteiger partial charge in [-0.2, -0.15) is 0 Å². The van der Waals surface area contributed by atoms with E-state index in [0.29, 0.717) is 12.0 Å². The van der Waals surface area contributed by atoms with E-state index in [0.717, 1.165) is 28.4 Å². The fraction of sp³-hybridized carbons (Fsp3) is 0.667. The molecule has 0 amide bonds. The highest BCUT2D eigenvalue weighted by atomic mass is 79.9. The summed E-state index contributed by atoms with van der Waals surface area (Å²) < 4.78 is 1.12. The molecule has 0 aromatic heterocycles. The van der Waals surface area contributed by atoms with Crippen LogP contribution in [-0.2, 0) is 0 Å². The van der Waals surface area contributed by atoms with E-state index in [9.17, 15) is 0 Å². The summed E-state index contributed by atoms with van der Waals surface area (Å²) >= 11 is 10.1. The quantitative estimate of drug-likeness (QED) is 0.612. The maximum Gasteiger partial charge on any atom is 0.0454 e. The normalized spacial score (nSPS) is 24.0. The summed E-state index contributed by atoms with van der Waals surface area (Å²) in [5.74, 6) is 1.60. The van der Waals surface area contributed by atoms with E-state index in [1.807, 2.05) is 12.1 Å². The molecule has 1 aliphatic rings. The Bertz CT molecular complexity index is 449. The molecule has 1 N–H and O–H groups in total. The lowest BCUT2D eigenvalue weighted by Gasteiger charge is -2.35. The first-order chi connectivity index (χ1) is 10.2. The van der Waals surface area contributed by atoms with Gasteiger partial charge in [0.1, 0.15) is 0 Å². The van der Waals surface area contributed by atoms with Gasteiger partial charge in [0.15, 0.2) is 0 Å². The standard InChI is InChI=1S/C18H27BrClN/c1-3-10-21-18(14-7-5-6-13(4-2)11-14)16-12-15(19)8-9-17(16)20/h8-9,12-14,18,21H,3-7,10-11H2,1-2H3. The first kappa shape index (κ1) is 17.3. The van der Waals surface area contributed by atoms with Crippen LogP contribution in [0.15, 0.2) is 22.7 Å². The summed E-state index contributed by atoms with van der Waals surface area (Å²) in [6.45, 7) is 5.61. The molecular formula is C18H27BrClN. The van der Waals surface area contributed by atoms with E-state index >= 15 is 0 Å². The van der Waals surface area contributed by atoms with Gasteiger partial charge in [-0.15, -0.1) is 0 Å². The van der Waals surface area contributed by atoms with E-state index in [1.54, 1.807) is 0 Å². The molecule has 0 saturated heterocycles. The monoisotopic (exact) mass is 371 g/mol. The number of halogens is 2. The van der Waals surface area contributed by atoms with Crippen LogP contribution in [0.3, 0.4) is 0 Å². The maximum absolute atomic E-state index is 6.50. The van der Waals surface area contributed by atoms with Gasteiger partial charge in [0, 0.05) is 15.5 Å². The number of benzene rings is 1. The van der Waals surface area contributed by atoms with Gasteiger partial charge in [0.05, 0.1) is 0 Å². The van der Waals surface area contributed by atoms with Crippen molar-refractivity contribution in [2.24, 2.45) is 11.8 Å². The van der Waals surface area contributed by atoms with Gasteiger partial charge in [-0.3, -0.25) is 0 Å². The Labute approximate surface area is 143 Å². The van der Waals surface area contributed by atoms with Gasteiger partial charge in [0.25, 0.3) is 0 Å². The van der Waals surface area contributed by atoms with Crippen molar-refractivity contribution in [2.75, 3.05) is 6.54 Å². The van der Waals surface area contributed by atoms with E-state index in [4.69, 9.17) is 11.6 Å². The minimum Gasteiger partial charge on any atom is -0.310 e. The van der Waals surface area contributed by atoms with Crippen LogP contribution in [0.2, 0.25) is 5.02 Å². The minimum atomic E-state index is 0.393. The van der Waals surface area contributed by atoms with Crippen molar-refractivity contribution in [1.82, 2.24) is 5.32 Å². The third kappa shape index (κ3) is 4.71. The van der Waals surface area contributed by atoms with E-state index in [2.05, 4.69) is 41.2 Å². The van der Waals surface area contributed by atoms with Gasteiger partial charge in [-0.05, 0) is 61.4 Å². The second-order valence-electron chi connectivity index (χ2n) is 6.30. The number of hydrogen-bond donors (Lipinski definition) is 1. The average molecular weight is 373 g/mol. The van der Waals surface area contributed by atoms with E-state index in [-0.39, 0.29) is 0 Å². The molecule has 0 radical (unpaired) electrons. The molecular weight excluding hydrogens is 346 g/mol. The first-order valence-corrected chi connectivity index (χ1v) is 9.51. The molecule has 0 spiro atoms. The van der Waals surface area contributed by atoms with Crippen LogP contribution >= 0.6 is 27.5 Å². The molecule has 1 aromatic rings. The molecule has 1 nitrogen and oxygen atoms in total. The van der Waals surface area contributed by atoms with Crippen LogP contribution in [0.4, 0.5) is 0 Å². The van der Waals surface area contributed by atoms with Crippen molar-refractivity contribution in [3.8, 4) is 0 Å². The lowest BCUT2D eigenvalue weighted by Crippen LogP contribution is -2.32. The van der Waals surface area contributed by atoms with Gasteiger partial charge >= 0.3 is 0 Å². The lowest BCUT2D eigenvalue weighted by atomic mass is 9.75. The summed E-state index contributed by atoms with van der Waals surface area (Å²) in [6, 6.07) is 6.63. The van der Waals surface area contributed by atoms with Gasteiger partial charge in [-0.1, -0.05) is 60.6 Å². The van der Waals surface area contributed by atoms with Crippen molar-refractivity contribution < 1.29 is 0 Å². The van der Waals surface area contributed by atoms with Crippen molar-refractivity contribution in [2.45, 2.75) is 58.4 Å². The highest BCUT2D eigenvalue weighted by Crippen LogP contribution is 2.40. The fourth-order valence-corrected chi connectivity index (χ4v) is 4.20. The number of hydrogen-bond acceptors (Lipinski definition) is 1. The zero-order valence-electron chi connectivity index (χ0n) is 13.2. The predicted octanol–water partition coefficient (Wildman–Crippen LogP) is 6.36. The summed E-state index contributed by atoms with van der Waals surface area (Å²) in [5, 5.41) is 4.66. The molecule has 1 aliphatic carbocycles. The summed E-state index contributed by atoms with van der Waals surface area (Å²) in [7, 11) is 0. The molecule has 2 rings (SSSR count). The average Bonchev–Trinajstić information content (AvgIpc) is 2.51. The Morgan fingerprint density at radius 1 is 1.33 bits per heavy atom. The highest BCUT2D eigenvalue weighted by molar-refractivity contribution is 9.10. The van der Waals surface area contributed by atoms with Crippen LogP contribution in [0.1, 0.15) is 64.0 Å². The molecule has 0 aliphatic heterocycles. The van der Waals surface area contributed by atoms with Crippen LogP contribution in [0, 0.1) is 11.8 Å². The van der Waals surface area contributed by atoms with Crippen LogP contribution in [0.5, 0.6) is 0 Å². The van der Waals surface area contributed by atoms with Crippen molar-refractivity contribution in [3.63, 3.8) is 0 Å². The Kier molecular flexibility index (Phi) is 7.04. The largest absolute Gasteiger partial charge is 0.310 e. The Hall–Kier alpha value is -0.0500. The molecule has 3 atom stereocenters. The molecule has 118 valence electrons. The summed E-state index contributed by atoms with van der Waals surface area (Å²) in [5.41, 5.74) is 1.27. The Morgan fingerprint density at radius 2 is 2.14 bits per heavy atom. The van der Waals surface area contributed by atoms with Gasteiger partial charge < -0.3 is 5.32 Å². The Morgan fingerprint density at radius 3 is 2.86 bits per heavy atom. The third-order valence-corrected chi connectivity index (χ3v) is 5.62. The molecule has 3 unspecified atom stereocenters. The second-order valence-corrected chi connectivity index (χ2v) is 7.62. The molecule has 0 heterocycles. The topological polar surface area (TPSA) is 12.0 Å². The molecule has 1 saturated carbocycles. The zero-order chi connectivity index (χ0) is 15.2. The molecule has 1 aromatic carbocycles.